The summed E-state index contributed by atoms with van der Waals surface area (Å²) in [6.45, 7) is 4.64. The molecule has 35 heavy (non-hydrogen) atoms. The summed E-state index contributed by atoms with van der Waals surface area (Å²) in [5.41, 5.74) is 7.98. The highest BCUT2D eigenvalue weighted by atomic mass is 19.4. The molecule has 184 valence electrons. The smallest absolute Gasteiger partial charge is 0.490 e. The fraction of sp³-hybridized carbons (Fsp3) is 0.292. The Bertz CT molecular complexity index is 1270. The maximum Gasteiger partial charge on any atom is 0.490 e. The molecule has 4 N–H and O–H groups in total. The van der Waals surface area contributed by atoms with Crippen LogP contribution in [0.15, 0.2) is 48.5 Å². The summed E-state index contributed by atoms with van der Waals surface area (Å²) in [5, 5.41) is 32.6. The molecule has 3 aromatic rings. The molecule has 0 bridgehead atoms. The van der Waals surface area contributed by atoms with Crippen LogP contribution in [0.1, 0.15) is 29.3 Å². The maximum absolute atomic E-state index is 10.6. The van der Waals surface area contributed by atoms with Crippen LogP contribution in [0.25, 0.3) is 16.8 Å². The summed E-state index contributed by atoms with van der Waals surface area (Å²) in [4.78, 5) is 8.90. The molecule has 2 aromatic carbocycles. The van der Waals surface area contributed by atoms with Gasteiger partial charge in [0.2, 0.25) is 0 Å². The van der Waals surface area contributed by atoms with Gasteiger partial charge in [-0.3, -0.25) is 0 Å². The summed E-state index contributed by atoms with van der Waals surface area (Å²) < 4.78 is 33.7. The van der Waals surface area contributed by atoms with E-state index in [2.05, 4.69) is 45.2 Å². The first-order chi connectivity index (χ1) is 16.6. The lowest BCUT2D eigenvalue weighted by Gasteiger charge is -2.21. The number of phenolic OH excluding ortho intramolecular Hbond substituents is 1. The van der Waals surface area contributed by atoms with Crippen molar-refractivity contribution in [1.29, 1.82) is 0 Å². The average Bonchev–Trinajstić information content (AvgIpc) is 3.43. The fourth-order valence-electron chi connectivity index (χ4n) is 4.20. The summed E-state index contributed by atoms with van der Waals surface area (Å²) in [6, 6.07) is 14.1. The number of aryl methyl sites for hydroxylation is 2. The Morgan fingerprint density at radius 3 is 2.66 bits per heavy atom. The number of nitrogens with zero attached hydrogens (tertiary/aromatic N) is 3. The molecule has 0 saturated carbocycles. The topological polar surface area (TPSA) is 112 Å². The van der Waals surface area contributed by atoms with Gasteiger partial charge in [-0.2, -0.15) is 13.2 Å². The van der Waals surface area contributed by atoms with Gasteiger partial charge < -0.3 is 20.8 Å². The molecule has 0 amide bonds. The van der Waals surface area contributed by atoms with Gasteiger partial charge in [0.15, 0.2) is 0 Å². The molecule has 0 radical (unpaired) electrons. The second-order valence-electron chi connectivity index (χ2n) is 8.25. The average molecular weight is 487 g/mol. The molecule has 2 aliphatic heterocycles. The zero-order chi connectivity index (χ0) is 25.2. The van der Waals surface area contributed by atoms with Gasteiger partial charge >= 0.3 is 12.1 Å². The molecule has 0 spiro atoms. The first-order valence-corrected chi connectivity index (χ1v) is 10.9. The van der Waals surface area contributed by atoms with E-state index in [0.717, 1.165) is 43.1 Å². The number of fused-ring (bicyclic) bond motifs is 3. The number of hydrogen-bond donors (Lipinski definition) is 4. The van der Waals surface area contributed by atoms with Crippen LogP contribution in [-0.2, 0) is 11.3 Å². The predicted octanol–water partition coefficient (Wildman–Crippen LogP) is 4.14. The molecule has 0 fully saturated rings. The lowest BCUT2D eigenvalue weighted by Crippen LogP contribution is -2.21. The Kier molecular flexibility index (Phi) is 6.79. The van der Waals surface area contributed by atoms with Crippen molar-refractivity contribution in [2.75, 3.05) is 18.4 Å². The number of anilines is 1. The maximum atomic E-state index is 10.6. The Labute approximate surface area is 199 Å². The van der Waals surface area contributed by atoms with Crippen molar-refractivity contribution in [3.63, 3.8) is 0 Å². The van der Waals surface area contributed by atoms with Crippen LogP contribution >= 0.6 is 0 Å². The van der Waals surface area contributed by atoms with Crippen LogP contribution in [0.5, 0.6) is 5.75 Å². The first-order valence-electron chi connectivity index (χ1n) is 10.9. The van der Waals surface area contributed by atoms with Crippen molar-refractivity contribution in [3.8, 4) is 17.0 Å². The number of phenols is 1. The number of halogens is 3. The molecule has 1 atom stereocenters. The van der Waals surface area contributed by atoms with Crippen LogP contribution in [0, 0.1) is 6.92 Å². The lowest BCUT2D eigenvalue weighted by atomic mass is 9.92. The van der Waals surface area contributed by atoms with Gasteiger partial charge in [-0.25, -0.2) is 9.48 Å². The number of benzene rings is 2. The zero-order valence-electron chi connectivity index (χ0n) is 18.8. The standard InChI is InChI=1S/C22H23N5O.C2HF3O2/c1-14-22-19-6-5-15(16-7-9-23-13-16)11-20(19)21(8-10-27(22)26-25-14)24-17-3-2-4-18(28)12-17;3-2(4,5)1(6)7/h2-7,11-12,21,23-24,28H,8-10,13H2,1H3;(H,6,7). The minimum atomic E-state index is -5.08. The second-order valence-corrected chi connectivity index (χ2v) is 8.25. The van der Waals surface area contributed by atoms with Gasteiger partial charge in [0, 0.05) is 37.0 Å². The van der Waals surface area contributed by atoms with Gasteiger partial charge in [-0.15, -0.1) is 5.10 Å². The number of nitrogens with one attached hydrogen (secondary N) is 2. The van der Waals surface area contributed by atoms with Crippen molar-refractivity contribution in [2.24, 2.45) is 0 Å². The SMILES string of the molecule is Cc1nnn2c1-c1ccc(C3=CCNC3)cc1C(Nc1cccc(O)c1)CC2.O=C(O)C(F)(F)F. The number of rotatable bonds is 3. The zero-order valence-corrected chi connectivity index (χ0v) is 18.8. The minimum absolute atomic E-state index is 0.118. The van der Waals surface area contributed by atoms with Crippen LogP contribution in [0.2, 0.25) is 0 Å². The summed E-state index contributed by atoms with van der Waals surface area (Å²) in [5.74, 6) is -2.49. The monoisotopic (exact) mass is 487 g/mol. The van der Waals surface area contributed by atoms with E-state index in [1.807, 2.05) is 23.7 Å². The number of alkyl halides is 3. The van der Waals surface area contributed by atoms with Gasteiger partial charge in [-0.1, -0.05) is 29.5 Å². The molecule has 1 unspecified atom stereocenters. The molecule has 0 saturated heterocycles. The van der Waals surface area contributed by atoms with Crippen molar-refractivity contribution in [2.45, 2.75) is 32.1 Å². The third kappa shape index (κ3) is 5.46. The van der Waals surface area contributed by atoms with Gasteiger partial charge in [0.1, 0.15) is 5.75 Å². The summed E-state index contributed by atoms with van der Waals surface area (Å²) in [7, 11) is 0. The van der Waals surface area contributed by atoms with Gasteiger partial charge in [-0.05, 0) is 48.2 Å². The van der Waals surface area contributed by atoms with Crippen LogP contribution in [-0.4, -0.2) is 50.4 Å². The number of carbonyl (C=O) groups is 1. The van der Waals surface area contributed by atoms with Gasteiger partial charge in [0.25, 0.3) is 0 Å². The number of aliphatic carboxylic acids is 1. The Morgan fingerprint density at radius 2 is 2.00 bits per heavy atom. The Hall–Kier alpha value is -3.86. The Balaban J connectivity index is 0.000000364. The number of carboxylic acid groups (broad SMARTS) is 1. The second kappa shape index (κ2) is 9.79. The first kappa shape index (κ1) is 24.3. The highest BCUT2D eigenvalue weighted by molar-refractivity contribution is 5.76. The molecule has 1 aromatic heterocycles. The minimum Gasteiger partial charge on any atom is -0.508 e. The molecular formula is C24H24F3N5O3. The molecule has 3 heterocycles. The number of aromatic hydroxyl groups is 1. The van der Waals surface area contributed by atoms with Crippen LogP contribution < -0.4 is 10.6 Å². The molecule has 0 aliphatic carbocycles. The predicted molar refractivity (Wildman–Crippen MR) is 124 cm³/mol. The number of carboxylic acids is 1. The Morgan fingerprint density at radius 1 is 1.23 bits per heavy atom. The summed E-state index contributed by atoms with van der Waals surface area (Å²) in [6.07, 6.45) is -1.94. The molecule has 5 rings (SSSR count). The normalized spacial score (nSPS) is 16.8. The molecular weight excluding hydrogens is 463 g/mol. The molecule has 11 heteroatoms. The van der Waals surface area contributed by atoms with E-state index in [0.29, 0.717) is 0 Å². The largest absolute Gasteiger partial charge is 0.508 e. The van der Waals surface area contributed by atoms with E-state index in [9.17, 15) is 18.3 Å². The number of aromatic nitrogens is 3. The third-order valence-corrected chi connectivity index (χ3v) is 5.82. The molecule has 2 aliphatic rings. The highest BCUT2D eigenvalue weighted by Gasteiger charge is 2.38. The number of hydrogen-bond acceptors (Lipinski definition) is 6. The van der Waals surface area contributed by atoms with E-state index in [1.54, 1.807) is 12.1 Å². The van der Waals surface area contributed by atoms with Crippen LogP contribution in [0.4, 0.5) is 18.9 Å². The van der Waals surface area contributed by atoms with Crippen molar-refractivity contribution in [3.05, 3.63) is 65.4 Å². The van der Waals surface area contributed by atoms with E-state index >= 15 is 0 Å². The van der Waals surface area contributed by atoms with E-state index < -0.39 is 12.1 Å². The summed E-state index contributed by atoms with van der Waals surface area (Å²) >= 11 is 0. The lowest BCUT2D eigenvalue weighted by molar-refractivity contribution is -0.192. The van der Waals surface area contributed by atoms with E-state index in [-0.39, 0.29) is 11.8 Å². The highest BCUT2D eigenvalue weighted by Crippen LogP contribution is 2.38. The fourth-order valence-corrected chi connectivity index (χ4v) is 4.20. The van der Waals surface area contributed by atoms with E-state index in [1.165, 1.54) is 22.3 Å². The quantitative estimate of drug-likeness (QED) is 0.439. The molecule has 8 nitrogen and oxygen atoms in total. The van der Waals surface area contributed by atoms with Crippen molar-refractivity contribution >= 4 is 17.2 Å². The van der Waals surface area contributed by atoms with Crippen LogP contribution in [0.3, 0.4) is 0 Å². The van der Waals surface area contributed by atoms with Crippen molar-refractivity contribution in [1.82, 2.24) is 20.3 Å². The van der Waals surface area contributed by atoms with E-state index in [4.69, 9.17) is 9.90 Å². The third-order valence-electron chi connectivity index (χ3n) is 5.82. The van der Waals surface area contributed by atoms with Gasteiger partial charge in [0.05, 0.1) is 17.4 Å². The van der Waals surface area contributed by atoms with Crippen molar-refractivity contribution < 1.29 is 28.2 Å².